The van der Waals surface area contributed by atoms with Crippen molar-refractivity contribution in [3.8, 4) is 0 Å². The van der Waals surface area contributed by atoms with Crippen LogP contribution in [0.3, 0.4) is 0 Å². The van der Waals surface area contributed by atoms with Crippen LogP contribution in [0.15, 0.2) is 22.8 Å². The SMILES string of the molecule is CC(=O)O[C@H]1CC[C@]2(C)C3=C(CC[C@H]2C1(C)C)[C@]1(C)CC[C@H]([C@H](C)C2OC2C=C(C)C)[C@@]1(C)CC3. The number of carbonyl (C=O) groups excluding carboxylic acids is 1. The molecule has 1 aliphatic heterocycles. The standard InChI is InChI=1S/C32H50O3/c1-19(2)18-25-28(35-25)20(3)22-12-16-32(9)24-10-11-26-29(5,6)27(34-21(4)33)14-15-30(26,7)23(24)13-17-31(22,32)8/h18,20,22,25-28H,10-17H2,1-9H3/t20-,22+,25?,26-,27-,28?,30+,31+,32-/m0/s1. The molecule has 0 bridgehead atoms. The molecule has 4 aliphatic carbocycles. The van der Waals surface area contributed by atoms with E-state index in [0.717, 1.165) is 18.8 Å². The van der Waals surface area contributed by atoms with Crippen molar-refractivity contribution in [2.24, 2.45) is 39.4 Å². The van der Waals surface area contributed by atoms with Gasteiger partial charge < -0.3 is 9.47 Å². The Bertz CT molecular complexity index is 954. The van der Waals surface area contributed by atoms with E-state index < -0.39 is 0 Å². The third kappa shape index (κ3) is 3.64. The van der Waals surface area contributed by atoms with Crippen molar-refractivity contribution in [3.05, 3.63) is 22.8 Å². The van der Waals surface area contributed by atoms with Crippen molar-refractivity contribution in [2.75, 3.05) is 0 Å². The molecule has 5 aliphatic rings. The van der Waals surface area contributed by atoms with Gasteiger partial charge in [-0.05, 0) is 99.2 Å². The predicted molar refractivity (Wildman–Crippen MR) is 142 cm³/mol. The first-order valence-electron chi connectivity index (χ1n) is 14.5. The molecule has 0 aromatic rings. The van der Waals surface area contributed by atoms with Crippen LogP contribution in [0.4, 0.5) is 0 Å². The first kappa shape index (κ1) is 25.6. The number of carbonyl (C=O) groups is 1. The Kier molecular flexibility index (Phi) is 5.99. The van der Waals surface area contributed by atoms with Crippen molar-refractivity contribution < 1.29 is 14.3 Å². The highest BCUT2D eigenvalue weighted by Gasteiger charge is 2.65. The highest BCUT2D eigenvalue weighted by Crippen LogP contribution is 2.73. The molecule has 0 aromatic heterocycles. The fourth-order valence-corrected chi connectivity index (χ4v) is 10.2. The van der Waals surface area contributed by atoms with Crippen molar-refractivity contribution >= 4 is 5.97 Å². The molecule has 9 atom stereocenters. The third-order valence-corrected chi connectivity index (χ3v) is 12.3. The molecule has 5 rings (SSSR count). The van der Waals surface area contributed by atoms with Gasteiger partial charge in [0, 0.05) is 12.3 Å². The molecule has 0 radical (unpaired) electrons. The lowest BCUT2D eigenvalue weighted by Crippen LogP contribution is -2.55. The lowest BCUT2D eigenvalue weighted by Gasteiger charge is -2.62. The molecule has 1 saturated heterocycles. The highest BCUT2D eigenvalue weighted by molar-refractivity contribution is 5.66. The Hall–Kier alpha value is -1.09. The minimum Gasteiger partial charge on any atom is -0.462 e. The van der Waals surface area contributed by atoms with Gasteiger partial charge in [-0.25, -0.2) is 0 Å². The maximum absolute atomic E-state index is 11.8. The van der Waals surface area contributed by atoms with Gasteiger partial charge in [-0.3, -0.25) is 4.79 Å². The van der Waals surface area contributed by atoms with E-state index in [9.17, 15) is 4.79 Å². The molecular formula is C32H50O3. The topological polar surface area (TPSA) is 38.8 Å². The smallest absolute Gasteiger partial charge is 0.302 e. The number of esters is 1. The van der Waals surface area contributed by atoms with E-state index in [1.807, 2.05) is 5.57 Å². The normalized spacial score (nSPS) is 46.7. The van der Waals surface area contributed by atoms with Gasteiger partial charge in [0.1, 0.15) is 12.2 Å². The minimum absolute atomic E-state index is 0.0227. The van der Waals surface area contributed by atoms with E-state index in [1.165, 1.54) is 44.1 Å². The van der Waals surface area contributed by atoms with Gasteiger partial charge in [0.2, 0.25) is 0 Å². The van der Waals surface area contributed by atoms with E-state index >= 15 is 0 Å². The van der Waals surface area contributed by atoms with Gasteiger partial charge in [0.05, 0.1) is 6.10 Å². The molecule has 3 heteroatoms. The van der Waals surface area contributed by atoms with Crippen LogP contribution in [0, 0.1) is 39.4 Å². The van der Waals surface area contributed by atoms with Crippen LogP contribution < -0.4 is 0 Å². The van der Waals surface area contributed by atoms with E-state index in [1.54, 1.807) is 12.5 Å². The average Bonchev–Trinajstić information content (AvgIpc) is 3.44. The predicted octanol–water partition coefficient (Wildman–Crippen LogP) is 8.04. The van der Waals surface area contributed by atoms with Crippen LogP contribution in [-0.2, 0) is 14.3 Å². The lowest BCUT2D eigenvalue weighted by atomic mass is 9.43. The zero-order valence-electron chi connectivity index (χ0n) is 23.9. The molecule has 2 unspecified atom stereocenters. The van der Waals surface area contributed by atoms with Crippen LogP contribution >= 0.6 is 0 Å². The van der Waals surface area contributed by atoms with E-state index in [-0.39, 0.29) is 22.9 Å². The zero-order chi connectivity index (χ0) is 25.6. The van der Waals surface area contributed by atoms with Crippen LogP contribution in [-0.4, -0.2) is 24.3 Å². The number of hydrogen-bond acceptors (Lipinski definition) is 3. The summed E-state index contributed by atoms with van der Waals surface area (Å²) in [6.07, 6.45) is 13.0. The van der Waals surface area contributed by atoms with Crippen LogP contribution in [0.2, 0.25) is 0 Å². The van der Waals surface area contributed by atoms with Gasteiger partial charge in [0.15, 0.2) is 0 Å². The van der Waals surface area contributed by atoms with Crippen LogP contribution in [0.25, 0.3) is 0 Å². The summed E-state index contributed by atoms with van der Waals surface area (Å²) >= 11 is 0. The van der Waals surface area contributed by atoms with E-state index in [4.69, 9.17) is 9.47 Å². The summed E-state index contributed by atoms with van der Waals surface area (Å²) in [5.41, 5.74) is 5.95. The molecule has 3 nitrogen and oxygen atoms in total. The van der Waals surface area contributed by atoms with Crippen molar-refractivity contribution in [3.63, 3.8) is 0 Å². The van der Waals surface area contributed by atoms with Gasteiger partial charge in [-0.1, -0.05) is 64.3 Å². The average molecular weight is 483 g/mol. The summed E-state index contributed by atoms with van der Waals surface area (Å²) in [4.78, 5) is 11.8. The highest BCUT2D eigenvalue weighted by atomic mass is 16.6. The Morgan fingerprint density at radius 2 is 1.69 bits per heavy atom. The first-order chi connectivity index (χ1) is 16.3. The summed E-state index contributed by atoms with van der Waals surface area (Å²) in [6.45, 7) is 21.0. The largest absolute Gasteiger partial charge is 0.462 e. The number of allylic oxidation sites excluding steroid dienone is 3. The monoisotopic (exact) mass is 482 g/mol. The number of hydrogen-bond donors (Lipinski definition) is 0. The quantitative estimate of drug-likeness (QED) is 0.231. The van der Waals surface area contributed by atoms with Crippen molar-refractivity contribution in [1.82, 2.24) is 0 Å². The van der Waals surface area contributed by atoms with Crippen molar-refractivity contribution in [2.45, 2.75) is 132 Å². The molecule has 3 fully saturated rings. The Balaban J connectivity index is 1.44. The number of ether oxygens (including phenoxy) is 2. The minimum atomic E-state index is -0.124. The van der Waals surface area contributed by atoms with Crippen molar-refractivity contribution in [1.29, 1.82) is 0 Å². The number of rotatable bonds is 4. The first-order valence-corrected chi connectivity index (χ1v) is 14.5. The maximum Gasteiger partial charge on any atom is 0.302 e. The van der Waals surface area contributed by atoms with Crippen LogP contribution in [0.1, 0.15) is 114 Å². The summed E-state index contributed by atoms with van der Waals surface area (Å²) in [5.74, 6) is 1.82. The second-order valence-electron chi connectivity index (χ2n) is 14.5. The van der Waals surface area contributed by atoms with Gasteiger partial charge in [-0.2, -0.15) is 0 Å². The second kappa shape index (κ2) is 8.20. The summed E-state index contributed by atoms with van der Waals surface area (Å²) in [5, 5.41) is 0. The molecule has 196 valence electrons. The Labute approximate surface area is 214 Å². The van der Waals surface area contributed by atoms with E-state index in [0.29, 0.717) is 34.9 Å². The fourth-order valence-electron chi connectivity index (χ4n) is 10.2. The molecule has 35 heavy (non-hydrogen) atoms. The molecule has 2 saturated carbocycles. The van der Waals surface area contributed by atoms with Gasteiger partial charge in [0.25, 0.3) is 0 Å². The number of fused-ring (bicyclic) bond motifs is 4. The lowest BCUT2D eigenvalue weighted by molar-refractivity contribution is -0.167. The fraction of sp³-hybridized carbons (Fsp3) is 0.844. The second-order valence-corrected chi connectivity index (χ2v) is 14.5. The zero-order valence-corrected chi connectivity index (χ0v) is 23.9. The summed E-state index contributed by atoms with van der Waals surface area (Å²) in [7, 11) is 0. The Morgan fingerprint density at radius 3 is 2.34 bits per heavy atom. The molecule has 0 spiro atoms. The number of epoxide rings is 1. The molecule has 0 amide bonds. The molecule has 0 N–H and O–H groups in total. The summed E-state index contributed by atoms with van der Waals surface area (Å²) < 4.78 is 12.1. The maximum atomic E-state index is 11.8. The molecular weight excluding hydrogens is 432 g/mol. The van der Waals surface area contributed by atoms with Gasteiger partial charge >= 0.3 is 5.97 Å². The van der Waals surface area contributed by atoms with Gasteiger partial charge in [-0.15, -0.1) is 0 Å². The third-order valence-electron chi connectivity index (χ3n) is 12.3. The molecule has 0 aromatic carbocycles. The van der Waals surface area contributed by atoms with Crippen LogP contribution in [0.5, 0.6) is 0 Å². The van der Waals surface area contributed by atoms with E-state index in [2.05, 4.69) is 61.5 Å². The summed E-state index contributed by atoms with van der Waals surface area (Å²) in [6, 6.07) is 0. The Morgan fingerprint density at radius 1 is 0.971 bits per heavy atom. The molecule has 1 heterocycles.